The molecule has 162 valence electrons. The number of aromatic carboxylic acids is 3. The number of aromatic hydroxyl groups is 3. The molecule has 0 unspecified atom stereocenters. The summed E-state index contributed by atoms with van der Waals surface area (Å²) < 4.78 is 0. The Balaban J connectivity index is 2.12. The van der Waals surface area contributed by atoms with Gasteiger partial charge in [-0.25, -0.2) is 14.4 Å². The maximum Gasteiger partial charge on any atom is 0.339 e. The normalized spacial score (nSPS) is 10.9. The van der Waals surface area contributed by atoms with Gasteiger partial charge in [-0.15, -0.1) is 0 Å². The van der Waals surface area contributed by atoms with Gasteiger partial charge < -0.3 is 30.6 Å². The second-order valence-electron chi connectivity index (χ2n) is 6.44. The zero-order valence-electron chi connectivity index (χ0n) is 15.9. The topological polar surface area (TPSA) is 197 Å². The molecule has 0 aromatic heterocycles. The SMILES string of the molecule is O=C(O)c1cc(N=Nc2cc(C(=O)O)c(O)c(-c3ccc(O)c(C(=O)O)c3)c2)ccc1O. The van der Waals surface area contributed by atoms with Crippen LogP contribution in [0.4, 0.5) is 11.4 Å². The van der Waals surface area contributed by atoms with Gasteiger partial charge in [-0.3, -0.25) is 0 Å². The molecule has 0 radical (unpaired) electrons. The maximum absolute atomic E-state index is 11.6. The molecule has 11 heteroatoms. The fourth-order valence-electron chi connectivity index (χ4n) is 2.81. The predicted octanol–water partition coefficient (Wildman–Crippen LogP) is 3.98. The summed E-state index contributed by atoms with van der Waals surface area (Å²) in [5.74, 6) is -5.96. The minimum atomic E-state index is -1.49. The molecule has 0 aliphatic heterocycles. The number of hydrogen-bond acceptors (Lipinski definition) is 8. The highest BCUT2D eigenvalue weighted by molar-refractivity contribution is 5.97. The van der Waals surface area contributed by atoms with E-state index in [0.29, 0.717) is 0 Å². The molecule has 3 rings (SSSR count). The van der Waals surface area contributed by atoms with Crippen molar-refractivity contribution in [1.29, 1.82) is 0 Å². The summed E-state index contributed by atoms with van der Waals surface area (Å²) in [6.07, 6.45) is 0. The molecule has 0 saturated carbocycles. The van der Waals surface area contributed by atoms with Crippen molar-refractivity contribution in [1.82, 2.24) is 0 Å². The summed E-state index contributed by atoms with van der Waals surface area (Å²) >= 11 is 0. The highest BCUT2D eigenvalue weighted by Gasteiger charge is 2.19. The Kier molecular flexibility index (Phi) is 5.74. The van der Waals surface area contributed by atoms with Crippen LogP contribution in [0.15, 0.2) is 58.8 Å². The summed E-state index contributed by atoms with van der Waals surface area (Å²) in [4.78, 5) is 34.0. The van der Waals surface area contributed by atoms with Crippen LogP contribution in [0, 0.1) is 0 Å². The molecule has 0 bridgehead atoms. The number of hydrogen-bond donors (Lipinski definition) is 6. The van der Waals surface area contributed by atoms with Gasteiger partial charge in [0.2, 0.25) is 0 Å². The largest absolute Gasteiger partial charge is 0.507 e. The number of carboxylic acid groups (broad SMARTS) is 3. The molecular formula is C21H14N2O9. The summed E-state index contributed by atoms with van der Waals surface area (Å²) in [5.41, 5.74) is -1.42. The second kappa shape index (κ2) is 8.44. The van der Waals surface area contributed by atoms with E-state index < -0.39 is 51.8 Å². The van der Waals surface area contributed by atoms with Crippen molar-refractivity contribution in [2.45, 2.75) is 0 Å². The molecular weight excluding hydrogens is 424 g/mol. The molecule has 3 aromatic rings. The van der Waals surface area contributed by atoms with E-state index in [1.54, 1.807) is 0 Å². The van der Waals surface area contributed by atoms with Crippen LogP contribution in [0.1, 0.15) is 31.1 Å². The highest BCUT2D eigenvalue weighted by atomic mass is 16.4. The molecule has 3 aromatic carbocycles. The van der Waals surface area contributed by atoms with Gasteiger partial charge in [-0.1, -0.05) is 6.07 Å². The van der Waals surface area contributed by atoms with Gasteiger partial charge in [0.05, 0.1) is 11.4 Å². The maximum atomic E-state index is 11.6. The third-order valence-corrected chi connectivity index (χ3v) is 4.35. The lowest BCUT2D eigenvalue weighted by atomic mass is 9.98. The van der Waals surface area contributed by atoms with Gasteiger partial charge in [-0.2, -0.15) is 10.2 Å². The van der Waals surface area contributed by atoms with E-state index in [0.717, 1.165) is 30.3 Å². The van der Waals surface area contributed by atoms with Crippen molar-refractivity contribution >= 4 is 29.3 Å². The summed E-state index contributed by atoms with van der Waals surface area (Å²) in [6.45, 7) is 0. The molecule has 0 spiro atoms. The smallest absolute Gasteiger partial charge is 0.339 e. The van der Waals surface area contributed by atoms with Crippen LogP contribution >= 0.6 is 0 Å². The molecule has 32 heavy (non-hydrogen) atoms. The molecule has 0 aliphatic carbocycles. The first-order valence-corrected chi connectivity index (χ1v) is 8.73. The van der Waals surface area contributed by atoms with Gasteiger partial charge >= 0.3 is 17.9 Å². The van der Waals surface area contributed by atoms with Crippen molar-refractivity contribution in [3.05, 3.63) is 65.2 Å². The molecule has 0 fully saturated rings. The molecule has 0 amide bonds. The van der Waals surface area contributed by atoms with Gasteiger partial charge in [0, 0.05) is 5.56 Å². The summed E-state index contributed by atoms with van der Waals surface area (Å²) in [6, 6.07) is 9.11. The van der Waals surface area contributed by atoms with Gasteiger partial charge in [0.1, 0.15) is 33.9 Å². The number of nitrogens with zero attached hydrogens (tertiary/aromatic N) is 2. The average Bonchev–Trinajstić information content (AvgIpc) is 2.73. The van der Waals surface area contributed by atoms with E-state index in [1.807, 2.05) is 0 Å². The third kappa shape index (κ3) is 4.31. The number of benzene rings is 3. The van der Waals surface area contributed by atoms with Crippen molar-refractivity contribution in [2.24, 2.45) is 10.2 Å². The van der Waals surface area contributed by atoms with Gasteiger partial charge in [0.15, 0.2) is 0 Å². The predicted molar refractivity (Wildman–Crippen MR) is 108 cm³/mol. The summed E-state index contributed by atoms with van der Waals surface area (Å²) in [7, 11) is 0. The number of carboxylic acids is 3. The molecule has 0 heterocycles. The van der Waals surface area contributed by atoms with Crippen LogP contribution < -0.4 is 0 Å². The Morgan fingerprint density at radius 1 is 0.594 bits per heavy atom. The third-order valence-electron chi connectivity index (χ3n) is 4.35. The minimum Gasteiger partial charge on any atom is -0.507 e. The number of carbonyl (C=O) groups is 3. The standard InChI is InChI=1S/C21H14N2O9/c24-16-3-1-9(5-13(16)19(27)28)12-7-11(8-15(18(12)26)21(31)32)23-22-10-2-4-17(25)14(6-10)20(29)30/h1-8,24-26H,(H,27,28)(H,29,30)(H,31,32). The second-order valence-corrected chi connectivity index (χ2v) is 6.44. The first-order valence-electron chi connectivity index (χ1n) is 8.73. The Morgan fingerprint density at radius 3 is 1.69 bits per heavy atom. The monoisotopic (exact) mass is 438 g/mol. The van der Waals surface area contributed by atoms with E-state index in [-0.39, 0.29) is 22.5 Å². The Bertz CT molecular complexity index is 1300. The number of azo groups is 1. The summed E-state index contributed by atoms with van der Waals surface area (Å²) in [5, 5.41) is 65.0. The minimum absolute atomic E-state index is 0.0458. The van der Waals surface area contributed by atoms with Crippen LogP contribution in [-0.2, 0) is 0 Å². The van der Waals surface area contributed by atoms with E-state index >= 15 is 0 Å². The van der Waals surface area contributed by atoms with Crippen LogP contribution in [0.5, 0.6) is 17.2 Å². The fourth-order valence-corrected chi connectivity index (χ4v) is 2.81. The van der Waals surface area contributed by atoms with Crippen LogP contribution in [0.2, 0.25) is 0 Å². The van der Waals surface area contributed by atoms with Crippen LogP contribution in [0.3, 0.4) is 0 Å². The first-order chi connectivity index (χ1) is 15.1. The lowest BCUT2D eigenvalue weighted by molar-refractivity contribution is 0.0682. The fraction of sp³-hybridized carbons (Fsp3) is 0. The molecule has 0 saturated heterocycles. The molecule has 0 atom stereocenters. The zero-order chi connectivity index (χ0) is 23.6. The highest BCUT2D eigenvalue weighted by Crippen LogP contribution is 2.38. The lowest BCUT2D eigenvalue weighted by Gasteiger charge is -2.10. The lowest BCUT2D eigenvalue weighted by Crippen LogP contribution is -1.99. The van der Waals surface area contributed by atoms with E-state index in [4.69, 9.17) is 5.11 Å². The van der Waals surface area contributed by atoms with E-state index in [2.05, 4.69) is 10.2 Å². The van der Waals surface area contributed by atoms with Crippen molar-refractivity contribution in [3.8, 4) is 28.4 Å². The van der Waals surface area contributed by atoms with Crippen molar-refractivity contribution in [3.63, 3.8) is 0 Å². The first kappa shape index (κ1) is 21.8. The molecule has 0 aliphatic rings. The number of phenols is 3. The zero-order valence-corrected chi connectivity index (χ0v) is 15.9. The average molecular weight is 438 g/mol. The Morgan fingerprint density at radius 2 is 1.09 bits per heavy atom. The van der Waals surface area contributed by atoms with Crippen molar-refractivity contribution < 1.29 is 45.0 Å². The molecule has 11 nitrogen and oxygen atoms in total. The van der Waals surface area contributed by atoms with E-state index in [9.17, 15) is 39.9 Å². The Hall–Kier alpha value is -4.93. The van der Waals surface area contributed by atoms with Crippen molar-refractivity contribution in [2.75, 3.05) is 0 Å². The Labute approximate surface area is 178 Å². The van der Waals surface area contributed by atoms with Crippen LogP contribution in [0.25, 0.3) is 11.1 Å². The quantitative estimate of drug-likeness (QED) is 0.308. The van der Waals surface area contributed by atoms with Gasteiger partial charge in [-0.05, 0) is 48.0 Å². The van der Waals surface area contributed by atoms with Crippen LogP contribution in [-0.4, -0.2) is 48.5 Å². The van der Waals surface area contributed by atoms with E-state index in [1.165, 1.54) is 18.2 Å². The number of rotatable bonds is 6. The molecule has 6 N–H and O–H groups in total. The van der Waals surface area contributed by atoms with Gasteiger partial charge in [0.25, 0.3) is 0 Å².